The number of rotatable bonds is 4. The van der Waals surface area contributed by atoms with Crippen LogP contribution < -0.4 is 0 Å². The second kappa shape index (κ2) is 7.62. The van der Waals surface area contributed by atoms with Gasteiger partial charge in [-0.3, -0.25) is 4.79 Å². The van der Waals surface area contributed by atoms with Gasteiger partial charge >= 0.3 is 0 Å². The summed E-state index contributed by atoms with van der Waals surface area (Å²) in [6, 6.07) is 0. The molecule has 0 aromatic carbocycles. The quantitative estimate of drug-likeness (QED) is 0.438. The van der Waals surface area contributed by atoms with Crippen molar-refractivity contribution in [3.63, 3.8) is 0 Å². The highest BCUT2D eigenvalue weighted by molar-refractivity contribution is 6.70. The molecule has 3 unspecified atom stereocenters. The molecule has 3 saturated carbocycles. The van der Waals surface area contributed by atoms with E-state index < -0.39 is 28.2 Å². The van der Waals surface area contributed by atoms with E-state index in [0.29, 0.717) is 24.4 Å². The molecule has 0 bridgehead atoms. The fraction of sp³-hybridized carbons (Fsp3) is 0.880. The normalized spacial score (nSPS) is 45.6. The van der Waals surface area contributed by atoms with E-state index in [1.807, 2.05) is 0 Å². The van der Waals surface area contributed by atoms with Crippen molar-refractivity contribution < 1.29 is 18.8 Å². The van der Waals surface area contributed by atoms with Gasteiger partial charge in [-0.15, -0.1) is 0 Å². The SMILES string of the molecule is C[C@]12CCC(O[Si](C)(C)C)CC1=CC[C@@H]1[C@@H]2C(O)C[C@]2(C)C(=O)C(O[Si](C)(C)C)C[C@@H]12. The van der Waals surface area contributed by atoms with Crippen LogP contribution in [0.1, 0.15) is 52.4 Å². The second-order valence-corrected chi connectivity index (χ2v) is 22.2. The van der Waals surface area contributed by atoms with Gasteiger partial charge < -0.3 is 14.0 Å². The van der Waals surface area contributed by atoms with Gasteiger partial charge in [-0.25, -0.2) is 0 Å². The van der Waals surface area contributed by atoms with Gasteiger partial charge in [0.15, 0.2) is 22.4 Å². The molecule has 4 rings (SSSR count). The van der Waals surface area contributed by atoms with Crippen LogP contribution in [0.2, 0.25) is 39.3 Å². The zero-order valence-electron chi connectivity index (χ0n) is 21.0. The van der Waals surface area contributed by atoms with E-state index in [0.717, 1.165) is 32.1 Å². The van der Waals surface area contributed by atoms with Gasteiger partial charge in [-0.05, 0) is 101 Å². The first-order valence-corrected chi connectivity index (χ1v) is 19.2. The number of aliphatic hydroxyl groups is 1. The third-order valence-electron chi connectivity index (χ3n) is 8.72. The molecule has 0 aliphatic heterocycles. The van der Waals surface area contributed by atoms with Crippen molar-refractivity contribution >= 4 is 22.4 Å². The number of hydrogen-bond donors (Lipinski definition) is 1. The van der Waals surface area contributed by atoms with Crippen molar-refractivity contribution in [3.8, 4) is 0 Å². The first-order valence-electron chi connectivity index (χ1n) is 12.4. The molecule has 0 amide bonds. The third-order valence-corrected chi connectivity index (χ3v) is 10.8. The Bertz CT molecular complexity index is 766. The summed E-state index contributed by atoms with van der Waals surface area (Å²) >= 11 is 0. The molecule has 0 heterocycles. The fourth-order valence-corrected chi connectivity index (χ4v) is 9.92. The van der Waals surface area contributed by atoms with Gasteiger partial charge in [0.05, 0.1) is 6.10 Å². The molecule has 31 heavy (non-hydrogen) atoms. The predicted molar refractivity (Wildman–Crippen MR) is 130 cm³/mol. The molecule has 0 aromatic heterocycles. The molecule has 0 saturated heterocycles. The molecule has 1 N–H and O–H groups in total. The van der Waals surface area contributed by atoms with Crippen molar-refractivity contribution in [1.29, 1.82) is 0 Å². The Labute approximate surface area is 191 Å². The van der Waals surface area contributed by atoms with E-state index in [1.54, 1.807) is 0 Å². The van der Waals surface area contributed by atoms with Gasteiger partial charge in [-0.2, -0.15) is 0 Å². The Balaban J connectivity index is 1.61. The standard InChI is InChI=1S/C25H44O4Si2/c1-24-12-11-17(28-30(3,4)5)13-16(24)9-10-18-19-14-21(29-31(6,7)8)23(27)25(19,2)15-20(26)22(18)24/h9,17-22,26H,10-15H2,1-8H3/t17?,18-,19-,20?,21?,22+,24-,25-/m0/s1. The van der Waals surface area contributed by atoms with Crippen molar-refractivity contribution in [1.82, 2.24) is 0 Å². The van der Waals surface area contributed by atoms with Gasteiger partial charge in [0.2, 0.25) is 0 Å². The van der Waals surface area contributed by atoms with Crippen LogP contribution in [0.4, 0.5) is 0 Å². The van der Waals surface area contributed by atoms with Crippen LogP contribution in [0.3, 0.4) is 0 Å². The van der Waals surface area contributed by atoms with Crippen LogP contribution in [0.5, 0.6) is 0 Å². The van der Waals surface area contributed by atoms with Gasteiger partial charge in [0, 0.05) is 11.5 Å². The maximum Gasteiger partial charge on any atom is 0.184 e. The number of hydrogen-bond acceptors (Lipinski definition) is 4. The topological polar surface area (TPSA) is 55.8 Å². The molecule has 3 fully saturated rings. The van der Waals surface area contributed by atoms with E-state index >= 15 is 0 Å². The number of carbonyl (C=O) groups excluding carboxylic acids is 1. The number of aliphatic hydroxyl groups excluding tert-OH is 1. The van der Waals surface area contributed by atoms with E-state index in [-0.39, 0.29) is 23.2 Å². The zero-order chi connectivity index (χ0) is 23.0. The lowest BCUT2D eigenvalue weighted by Crippen LogP contribution is -2.56. The zero-order valence-corrected chi connectivity index (χ0v) is 23.0. The molecular formula is C25H44O4Si2. The van der Waals surface area contributed by atoms with Crippen LogP contribution in [0.15, 0.2) is 11.6 Å². The van der Waals surface area contributed by atoms with Crippen molar-refractivity contribution in [3.05, 3.63) is 11.6 Å². The molecule has 0 spiro atoms. The Morgan fingerprint density at radius 2 is 1.68 bits per heavy atom. The highest BCUT2D eigenvalue weighted by atomic mass is 28.4. The number of allylic oxidation sites excluding steroid dienone is 1. The second-order valence-electron chi connectivity index (χ2n) is 13.3. The monoisotopic (exact) mass is 464 g/mol. The highest BCUT2D eigenvalue weighted by Crippen LogP contribution is 2.64. The fourth-order valence-electron chi connectivity index (χ4n) is 7.66. The minimum Gasteiger partial charge on any atom is -0.414 e. The first-order chi connectivity index (χ1) is 14.1. The van der Waals surface area contributed by atoms with Gasteiger partial charge in [0.25, 0.3) is 0 Å². The summed E-state index contributed by atoms with van der Waals surface area (Å²) in [6.07, 6.45) is 7.71. The molecule has 0 radical (unpaired) electrons. The summed E-state index contributed by atoms with van der Waals surface area (Å²) in [5, 5.41) is 11.5. The van der Waals surface area contributed by atoms with Crippen molar-refractivity contribution in [2.75, 3.05) is 0 Å². The molecule has 0 aromatic rings. The smallest absolute Gasteiger partial charge is 0.184 e. The van der Waals surface area contributed by atoms with Crippen molar-refractivity contribution in [2.45, 2.75) is 110 Å². The van der Waals surface area contributed by atoms with E-state index in [9.17, 15) is 9.90 Å². The van der Waals surface area contributed by atoms with E-state index in [2.05, 4.69) is 59.2 Å². The molecular weight excluding hydrogens is 420 g/mol. The lowest BCUT2D eigenvalue weighted by Gasteiger charge is -2.58. The average molecular weight is 465 g/mol. The maximum atomic E-state index is 13.5. The number of Topliss-reactive ketones (excluding diaryl/α,β-unsaturated/α-hetero) is 1. The van der Waals surface area contributed by atoms with Crippen LogP contribution in [-0.2, 0) is 13.6 Å². The van der Waals surface area contributed by atoms with Crippen LogP contribution in [-0.4, -0.2) is 45.8 Å². The lowest BCUT2D eigenvalue weighted by atomic mass is 9.47. The number of carbonyl (C=O) groups is 1. The Morgan fingerprint density at radius 3 is 2.29 bits per heavy atom. The molecule has 8 atom stereocenters. The lowest BCUT2D eigenvalue weighted by molar-refractivity contribution is -0.147. The average Bonchev–Trinajstić information content (AvgIpc) is 2.83. The number of ketones is 1. The molecule has 176 valence electrons. The largest absolute Gasteiger partial charge is 0.414 e. The summed E-state index contributed by atoms with van der Waals surface area (Å²) in [6.45, 7) is 17.8. The van der Waals surface area contributed by atoms with Gasteiger partial charge in [0.1, 0.15) is 6.10 Å². The first kappa shape index (κ1) is 23.9. The summed E-state index contributed by atoms with van der Waals surface area (Å²) in [5.74, 6) is 1.19. The summed E-state index contributed by atoms with van der Waals surface area (Å²) in [7, 11) is -3.36. The van der Waals surface area contributed by atoms with Crippen molar-refractivity contribution in [2.24, 2.45) is 28.6 Å². The summed E-state index contributed by atoms with van der Waals surface area (Å²) in [5.41, 5.74) is 1.10. The maximum absolute atomic E-state index is 13.5. The van der Waals surface area contributed by atoms with E-state index in [4.69, 9.17) is 8.85 Å². The molecule has 4 nitrogen and oxygen atoms in total. The third kappa shape index (κ3) is 4.20. The molecule has 6 heteroatoms. The van der Waals surface area contributed by atoms with Crippen LogP contribution >= 0.6 is 0 Å². The summed E-state index contributed by atoms with van der Waals surface area (Å²) in [4.78, 5) is 13.5. The Hall–Kier alpha value is -0.276. The molecule has 4 aliphatic carbocycles. The minimum atomic E-state index is -1.80. The highest BCUT2D eigenvalue weighted by Gasteiger charge is 2.64. The summed E-state index contributed by atoms with van der Waals surface area (Å²) < 4.78 is 12.8. The van der Waals surface area contributed by atoms with Crippen LogP contribution in [0, 0.1) is 28.6 Å². The Morgan fingerprint density at radius 1 is 1.03 bits per heavy atom. The van der Waals surface area contributed by atoms with Crippen LogP contribution in [0.25, 0.3) is 0 Å². The van der Waals surface area contributed by atoms with E-state index in [1.165, 1.54) is 5.57 Å². The Kier molecular flexibility index (Phi) is 5.87. The minimum absolute atomic E-state index is 0.0315. The predicted octanol–water partition coefficient (Wildman–Crippen LogP) is 5.54. The van der Waals surface area contributed by atoms with Gasteiger partial charge in [-0.1, -0.05) is 25.5 Å². The molecule has 4 aliphatic rings. The number of fused-ring (bicyclic) bond motifs is 5.